The molecule has 1 N–H and O–H groups in total. The summed E-state index contributed by atoms with van der Waals surface area (Å²) < 4.78 is 5.25. The van der Waals surface area contributed by atoms with Gasteiger partial charge in [0.1, 0.15) is 5.69 Å². The van der Waals surface area contributed by atoms with Crippen LogP contribution in [0.25, 0.3) is 0 Å². The van der Waals surface area contributed by atoms with Gasteiger partial charge in [-0.05, 0) is 50.9 Å². The number of ether oxygens (including phenoxy) is 1. The maximum atomic E-state index is 11.9. The zero-order valence-corrected chi connectivity index (χ0v) is 14.1. The van der Waals surface area contributed by atoms with Gasteiger partial charge >= 0.3 is 6.09 Å². The molecule has 1 amide bonds. The standard InChI is InChI=1S/C17H25N3O4/c1-2-3-10-19-11-8-14(9-12-19)13-24-17(21)18-15-6-4-5-7-16(15)20(22)23/h4-7,14H,2-3,8-13H2,1H3,(H,18,21). The molecule has 132 valence electrons. The Balaban J connectivity index is 1.74. The molecule has 0 bridgehead atoms. The number of nitrogens with one attached hydrogen (secondary N) is 1. The van der Waals surface area contributed by atoms with Gasteiger partial charge in [0.05, 0.1) is 11.5 Å². The number of nitrogens with zero attached hydrogens (tertiary/aromatic N) is 2. The minimum Gasteiger partial charge on any atom is -0.449 e. The molecule has 2 rings (SSSR count). The Morgan fingerprint density at radius 2 is 2.08 bits per heavy atom. The average molecular weight is 335 g/mol. The number of likely N-dealkylation sites (tertiary alicyclic amines) is 1. The summed E-state index contributed by atoms with van der Waals surface area (Å²) in [6.45, 7) is 5.77. The van der Waals surface area contributed by atoms with Gasteiger partial charge in [-0.3, -0.25) is 15.4 Å². The van der Waals surface area contributed by atoms with E-state index in [0.29, 0.717) is 12.5 Å². The molecule has 0 unspecified atom stereocenters. The van der Waals surface area contributed by atoms with Crippen LogP contribution in [-0.2, 0) is 4.74 Å². The number of nitro benzene ring substituents is 1. The van der Waals surface area contributed by atoms with Gasteiger partial charge in [0.2, 0.25) is 0 Å². The number of amides is 1. The lowest BCUT2D eigenvalue weighted by Crippen LogP contribution is -2.36. The number of piperidine rings is 1. The Labute approximate surface area is 142 Å². The van der Waals surface area contributed by atoms with E-state index in [1.165, 1.54) is 25.0 Å². The molecule has 0 atom stereocenters. The zero-order chi connectivity index (χ0) is 17.4. The van der Waals surface area contributed by atoms with Gasteiger partial charge in [-0.15, -0.1) is 0 Å². The molecule has 1 saturated heterocycles. The van der Waals surface area contributed by atoms with E-state index in [1.807, 2.05) is 0 Å². The SMILES string of the molecule is CCCCN1CCC(COC(=O)Nc2ccccc2[N+](=O)[O-])CC1. The van der Waals surface area contributed by atoms with Crippen molar-refractivity contribution in [2.24, 2.45) is 5.92 Å². The Hall–Kier alpha value is -2.15. The molecule has 7 nitrogen and oxygen atoms in total. The number of hydrogen-bond acceptors (Lipinski definition) is 5. The van der Waals surface area contributed by atoms with Gasteiger partial charge in [0.25, 0.3) is 5.69 Å². The van der Waals surface area contributed by atoms with Crippen LogP contribution in [0.4, 0.5) is 16.2 Å². The Morgan fingerprint density at radius 1 is 1.38 bits per heavy atom. The number of benzene rings is 1. The summed E-state index contributed by atoms with van der Waals surface area (Å²) in [5.41, 5.74) is 0.0144. The summed E-state index contributed by atoms with van der Waals surface area (Å²) in [5.74, 6) is 0.361. The minimum absolute atomic E-state index is 0.140. The van der Waals surface area contributed by atoms with Crippen molar-refractivity contribution in [2.75, 3.05) is 31.6 Å². The van der Waals surface area contributed by atoms with Crippen LogP contribution >= 0.6 is 0 Å². The van der Waals surface area contributed by atoms with E-state index < -0.39 is 11.0 Å². The first-order valence-corrected chi connectivity index (χ1v) is 8.49. The molecule has 1 heterocycles. The molecule has 0 saturated carbocycles. The number of unbranched alkanes of at least 4 members (excludes halogenated alkanes) is 1. The lowest BCUT2D eigenvalue weighted by atomic mass is 9.98. The van der Waals surface area contributed by atoms with Crippen molar-refractivity contribution in [1.82, 2.24) is 4.90 Å². The summed E-state index contributed by atoms with van der Waals surface area (Å²) >= 11 is 0. The molecule has 1 fully saturated rings. The summed E-state index contributed by atoms with van der Waals surface area (Å²) in [6.07, 6.45) is 3.82. The van der Waals surface area contributed by atoms with Crippen LogP contribution in [0.1, 0.15) is 32.6 Å². The molecule has 1 aromatic rings. The number of carbonyl (C=O) groups is 1. The Kier molecular flexibility index (Phi) is 6.99. The van der Waals surface area contributed by atoms with Crippen LogP contribution in [0.5, 0.6) is 0 Å². The van der Waals surface area contributed by atoms with E-state index in [9.17, 15) is 14.9 Å². The molecule has 0 radical (unpaired) electrons. The molecular formula is C17H25N3O4. The molecule has 7 heteroatoms. The van der Waals surface area contributed by atoms with E-state index in [-0.39, 0.29) is 11.4 Å². The molecule has 1 aromatic carbocycles. The fraction of sp³-hybridized carbons (Fsp3) is 0.588. The topological polar surface area (TPSA) is 84.7 Å². The predicted octanol–water partition coefficient (Wildman–Crippen LogP) is 3.66. The number of anilines is 1. The van der Waals surface area contributed by atoms with E-state index in [0.717, 1.165) is 32.5 Å². The van der Waals surface area contributed by atoms with E-state index in [2.05, 4.69) is 17.1 Å². The maximum Gasteiger partial charge on any atom is 0.411 e. The third kappa shape index (κ3) is 5.49. The van der Waals surface area contributed by atoms with Crippen molar-refractivity contribution in [3.05, 3.63) is 34.4 Å². The van der Waals surface area contributed by atoms with Crippen LogP contribution in [0, 0.1) is 16.0 Å². The molecule has 1 aliphatic rings. The first-order valence-electron chi connectivity index (χ1n) is 8.49. The zero-order valence-electron chi connectivity index (χ0n) is 14.1. The second-order valence-corrected chi connectivity index (χ2v) is 6.14. The summed E-state index contributed by atoms with van der Waals surface area (Å²) in [6, 6.07) is 6.03. The number of hydrogen-bond donors (Lipinski definition) is 1. The van der Waals surface area contributed by atoms with Crippen molar-refractivity contribution in [2.45, 2.75) is 32.6 Å². The summed E-state index contributed by atoms with van der Waals surface area (Å²) in [5, 5.41) is 13.4. The van der Waals surface area contributed by atoms with Crippen molar-refractivity contribution in [3.63, 3.8) is 0 Å². The van der Waals surface area contributed by atoms with Crippen molar-refractivity contribution in [3.8, 4) is 0 Å². The van der Waals surface area contributed by atoms with Crippen LogP contribution in [-0.4, -0.2) is 42.2 Å². The fourth-order valence-electron chi connectivity index (χ4n) is 2.84. The predicted molar refractivity (Wildman–Crippen MR) is 92.1 cm³/mol. The second-order valence-electron chi connectivity index (χ2n) is 6.14. The molecule has 0 spiro atoms. The van der Waals surface area contributed by atoms with Crippen LogP contribution in [0.15, 0.2) is 24.3 Å². The van der Waals surface area contributed by atoms with Gasteiger partial charge in [-0.25, -0.2) is 4.79 Å². The van der Waals surface area contributed by atoms with Gasteiger partial charge in [-0.2, -0.15) is 0 Å². The highest BCUT2D eigenvalue weighted by molar-refractivity contribution is 5.87. The summed E-state index contributed by atoms with van der Waals surface area (Å²) in [7, 11) is 0. The maximum absolute atomic E-state index is 11.9. The average Bonchev–Trinajstić information content (AvgIpc) is 2.59. The number of rotatable bonds is 7. The van der Waals surface area contributed by atoms with E-state index in [4.69, 9.17) is 4.74 Å². The van der Waals surface area contributed by atoms with Gasteiger partial charge in [0.15, 0.2) is 0 Å². The quantitative estimate of drug-likeness (QED) is 0.607. The Bertz CT molecular complexity index is 557. The van der Waals surface area contributed by atoms with Crippen LogP contribution in [0.3, 0.4) is 0 Å². The van der Waals surface area contributed by atoms with Crippen LogP contribution < -0.4 is 5.32 Å². The highest BCUT2D eigenvalue weighted by Crippen LogP contribution is 2.23. The number of nitro groups is 1. The van der Waals surface area contributed by atoms with E-state index >= 15 is 0 Å². The third-order valence-corrected chi connectivity index (χ3v) is 4.32. The number of para-hydroxylation sites is 2. The van der Waals surface area contributed by atoms with E-state index in [1.54, 1.807) is 12.1 Å². The first-order chi connectivity index (χ1) is 11.6. The molecule has 24 heavy (non-hydrogen) atoms. The number of carbonyl (C=O) groups excluding carboxylic acids is 1. The van der Waals surface area contributed by atoms with Crippen molar-refractivity contribution in [1.29, 1.82) is 0 Å². The monoisotopic (exact) mass is 335 g/mol. The minimum atomic E-state index is -0.641. The highest BCUT2D eigenvalue weighted by atomic mass is 16.6. The summed E-state index contributed by atoms with van der Waals surface area (Å²) in [4.78, 5) is 24.7. The first kappa shape index (κ1) is 18.2. The van der Waals surface area contributed by atoms with Crippen molar-refractivity contribution >= 4 is 17.5 Å². The van der Waals surface area contributed by atoms with Gasteiger partial charge < -0.3 is 9.64 Å². The second kappa shape index (κ2) is 9.22. The van der Waals surface area contributed by atoms with Crippen molar-refractivity contribution < 1.29 is 14.5 Å². The smallest absolute Gasteiger partial charge is 0.411 e. The van der Waals surface area contributed by atoms with Gasteiger partial charge in [-0.1, -0.05) is 25.5 Å². The van der Waals surface area contributed by atoms with Gasteiger partial charge in [0, 0.05) is 6.07 Å². The lowest BCUT2D eigenvalue weighted by molar-refractivity contribution is -0.383. The van der Waals surface area contributed by atoms with Crippen LogP contribution in [0.2, 0.25) is 0 Å². The molecule has 0 aromatic heterocycles. The molecule has 1 aliphatic heterocycles. The largest absolute Gasteiger partial charge is 0.449 e. The normalized spacial score (nSPS) is 15.9. The third-order valence-electron chi connectivity index (χ3n) is 4.32. The molecular weight excluding hydrogens is 310 g/mol. The highest BCUT2D eigenvalue weighted by Gasteiger charge is 2.21. The molecule has 0 aliphatic carbocycles. The Morgan fingerprint density at radius 3 is 2.75 bits per heavy atom. The lowest BCUT2D eigenvalue weighted by Gasteiger charge is -2.31. The fourth-order valence-corrected chi connectivity index (χ4v) is 2.84.